The van der Waals surface area contributed by atoms with E-state index in [9.17, 15) is 0 Å². The third-order valence-corrected chi connectivity index (χ3v) is 6.24. The summed E-state index contributed by atoms with van der Waals surface area (Å²) in [6.45, 7) is 0. The van der Waals surface area contributed by atoms with Crippen molar-refractivity contribution in [2.75, 3.05) is 0 Å². The quantitative estimate of drug-likeness (QED) is 0.627. The molecule has 0 aliphatic heterocycles. The van der Waals surface area contributed by atoms with Crippen LogP contribution in [0.1, 0.15) is 0 Å². The van der Waals surface area contributed by atoms with Crippen LogP contribution in [-0.2, 0) is 0 Å². The zero-order chi connectivity index (χ0) is 9.90. The summed E-state index contributed by atoms with van der Waals surface area (Å²) in [6, 6.07) is 9.56. The summed E-state index contributed by atoms with van der Waals surface area (Å²) < 4.78 is 4.93. The second-order valence-electron chi connectivity index (χ2n) is 2.28. The molecule has 1 rings (SSSR count). The molecule has 0 fully saturated rings. The van der Waals surface area contributed by atoms with Gasteiger partial charge in [0, 0.05) is 0 Å². The summed E-state index contributed by atoms with van der Waals surface area (Å²) in [5, 5.41) is 0. The van der Waals surface area contributed by atoms with Crippen LogP contribution in [0.5, 0.6) is 5.75 Å². The molecule has 13 heavy (non-hydrogen) atoms. The zero-order valence-electron chi connectivity index (χ0n) is 6.38. The number of halogens is 4. The lowest BCUT2D eigenvalue weighted by atomic mass is 10.3. The van der Waals surface area contributed by atoms with E-state index in [-0.39, 0.29) is 3.74 Å². The first kappa shape index (κ1) is 12.0. The fourth-order valence-electron chi connectivity index (χ4n) is 0.690. The van der Waals surface area contributed by atoms with Gasteiger partial charge in [-0.05, 0) is 44.0 Å². The Morgan fingerprint density at radius 2 is 1.62 bits per heavy atom. The maximum Gasteiger partial charge on any atom is 0.239 e. The van der Waals surface area contributed by atoms with Crippen molar-refractivity contribution < 1.29 is 4.74 Å². The summed E-state index contributed by atoms with van der Waals surface area (Å²) in [6.07, 6.45) is 0. The van der Waals surface area contributed by atoms with E-state index in [1.807, 2.05) is 30.3 Å². The fraction of sp³-hybridized carbons (Fsp3) is 0.250. The first-order chi connectivity index (χ1) is 6.02. The highest BCUT2D eigenvalue weighted by atomic mass is 79.9. The molecule has 0 aromatic heterocycles. The van der Waals surface area contributed by atoms with E-state index in [2.05, 4.69) is 63.7 Å². The molecule has 1 aromatic rings. The summed E-state index contributed by atoms with van der Waals surface area (Å²) in [4.78, 5) is 0. The van der Waals surface area contributed by atoms with Crippen molar-refractivity contribution in [2.45, 2.75) is 7.16 Å². The normalized spacial score (nSPS) is 11.8. The second kappa shape index (κ2) is 5.14. The second-order valence-corrected chi connectivity index (χ2v) is 8.76. The Labute approximate surface area is 111 Å². The Hall–Kier alpha value is 0.940. The van der Waals surface area contributed by atoms with Crippen molar-refractivity contribution in [1.82, 2.24) is 0 Å². The minimum absolute atomic E-state index is 0.0345. The van der Waals surface area contributed by atoms with Crippen LogP contribution in [0.3, 0.4) is 0 Å². The molecule has 0 saturated heterocycles. The molecule has 1 aromatic carbocycles. The van der Waals surface area contributed by atoms with Crippen LogP contribution in [0.4, 0.5) is 0 Å². The lowest BCUT2D eigenvalue weighted by Gasteiger charge is -2.23. The molecule has 0 amide bonds. The molecule has 0 radical (unpaired) electrons. The average molecular weight is 438 g/mol. The van der Waals surface area contributed by atoms with Crippen molar-refractivity contribution >= 4 is 63.7 Å². The number of alkyl halides is 4. The molecule has 5 heteroatoms. The van der Waals surface area contributed by atoms with E-state index in [1.54, 1.807) is 0 Å². The van der Waals surface area contributed by atoms with E-state index in [0.29, 0.717) is 0 Å². The molecule has 0 atom stereocenters. The number of para-hydroxylation sites is 1. The zero-order valence-corrected chi connectivity index (χ0v) is 12.7. The largest absolute Gasteiger partial charge is 0.464 e. The molecule has 0 aliphatic carbocycles. The molecular formula is C8H6Br4O. The Bertz CT molecular complexity index is 260. The van der Waals surface area contributed by atoms with Gasteiger partial charge >= 0.3 is 0 Å². The predicted molar refractivity (Wildman–Crippen MR) is 69.3 cm³/mol. The van der Waals surface area contributed by atoms with E-state index in [1.165, 1.54) is 0 Å². The van der Waals surface area contributed by atoms with Crippen LogP contribution < -0.4 is 4.74 Å². The van der Waals surface area contributed by atoms with Gasteiger partial charge in [-0.2, -0.15) is 0 Å². The van der Waals surface area contributed by atoms with E-state index >= 15 is 0 Å². The summed E-state index contributed by atoms with van der Waals surface area (Å²) in [5.74, 6) is 0.792. The Kier molecular flexibility index (Phi) is 4.75. The van der Waals surface area contributed by atoms with Gasteiger partial charge in [0.1, 0.15) is 9.49 Å². The number of hydrogen-bond donors (Lipinski definition) is 0. The van der Waals surface area contributed by atoms with Crippen LogP contribution >= 0.6 is 63.7 Å². The highest BCUT2D eigenvalue weighted by Gasteiger charge is 2.32. The first-order valence-electron chi connectivity index (χ1n) is 3.42. The third kappa shape index (κ3) is 3.90. The van der Waals surface area contributed by atoms with Crippen molar-refractivity contribution in [3.8, 4) is 5.75 Å². The number of hydrogen-bond acceptors (Lipinski definition) is 1. The standard InChI is InChI=1S/C8H6Br4O/c9-7(10)8(11,12)13-6-4-2-1-3-5-6/h1-5,7H. The summed E-state index contributed by atoms with van der Waals surface area (Å²) in [5.41, 5.74) is 0. The molecule has 0 bridgehead atoms. The third-order valence-electron chi connectivity index (χ3n) is 1.25. The average Bonchev–Trinajstić information content (AvgIpc) is 2.05. The maximum absolute atomic E-state index is 5.60. The van der Waals surface area contributed by atoms with Gasteiger partial charge in [-0.15, -0.1) is 0 Å². The van der Waals surface area contributed by atoms with Gasteiger partial charge < -0.3 is 4.74 Å². The molecule has 72 valence electrons. The summed E-state index contributed by atoms with van der Waals surface area (Å²) >= 11 is 13.5. The SMILES string of the molecule is BrC(Br)C(Br)(Br)Oc1ccccc1. The van der Waals surface area contributed by atoms with Gasteiger partial charge in [-0.1, -0.05) is 50.1 Å². The molecule has 1 nitrogen and oxygen atoms in total. The first-order valence-corrected chi connectivity index (χ1v) is 6.84. The monoisotopic (exact) mass is 434 g/mol. The smallest absolute Gasteiger partial charge is 0.239 e. The number of ether oxygens (including phenoxy) is 1. The van der Waals surface area contributed by atoms with Crippen LogP contribution in [0, 0.1) is 0 Å². The highest BCUT2D eigenvalue weighted by Crippen LogP contribution is 2.39. The Morgan fingerprint density at radius 3 is 2.08 bits per heavy atom. The van der Waals surface area contributed by atoms with Crippen LogP contribution in [0.2, 0.25) is 0 Å². The van der Waals surface area contributed by atoms with E-state index < -0.39 is 3.42 Å². The van der Waals surface area contributed by atoms with Gasteiger partial charge in [0.15, 0.2) is 0 Å². The molecule has 0 heterocycles. The van der Waals surface area contributed by atoms with Crippen molar-refractivity contribution in [1.29, 1.82) is 0 Å². The topological polar surface area (TPSA) is 9.23 Å². The number of rotatable bonds is 3. The van der Waals surface area contributed by atoms with Gasteiger partial charge in [0.2, 0.25) is 3.42 Å². The highest BCUT2D eigenvalue weighted by molar-refractivity contribution is 9.29. The van der Waals surface area contributed by atoms with Gasteiger partial charge in [-0.3, -0.25) is 0 Å². The summed E-state index contributed by atoms with van der Waals surface area (Å²) in [7, 11) is 0. The molecule has 0 N–H and O–H groups in total. The van der Waals surface area contributed by atoms with Crippen molar-refractivity contribution in [3.63, 3.8) is 0 Å². The Balaban J connectivity index is 2.69. The minimum Gasteiger partial charge on any atom is -0.464 e. The lowest BCUT2D eigenvalue weighted by Crippen LogP contribution is -2.27. The fourth-order valence-corrected chi connectivity index (χ4v) is 1.25. The maximum atomic E-state index is 5.60. The Morgan fingerprint density at radius 1 is 1.08 bits per heavy atom. The van der Waals surface area contributed by atoms with E-state index in [4.69, 9.17) is 4.74 Å². The van der Waals surface area contributed by atoms with Crippen LogP contribution in [-0.4, -0.2) is 7.16 Å². The van der Waals surface area contributed by atoms with Crippen LogP contribution in [0.25, 0.3) is 0 Å². The van der Waals surface area contributed by atoms with Gasteiger partial charge in [0.25, 0.3) is 0 Å². The predicted octanol–water partition coefficient (Wildman–Crippen LogP) is 4.62. The van der Waals surface area contributed by atoms with E-state index in [0.717, 1.165) is 5.75 Å². The lowest BCUT2D eigenvalue weighted by molar-refractivity contribution is 0.290. The number of benzene rings is 1. The molecule has 0 unspecified atom stereocenters. The van der Waals surface area contributed by atoms with Crippen LogP contribution in [0.15, 0.2) is 30.3 Å². The van der Waals surface area contributed by atoms with Crippen molar-refractivity contribution in [3.05, 3.63) is 30.3 Å². The molecule has 0 aliphatic rings. The molecular weight excluding hydrogens is 432 g/mol. The molecule has 0 saturated carbocycles. The van der Waals surface area contributed by atoms with Crippen molar-refractivity contribution in [2.24, 2.45) is 0 Å². The molecule has 0 spiro atoms. The van der Waals surface area contributed by atoms with Gasteiger partial charge in [-0.25, -0.2) is 0 Å². The minimum atomic E-state index is -0.638. The van der Waals surface area contributed by atoms with Gasteiger partial charge in [0.05, 0.1) is 0 Å².